The first-order valence-corrected chi connectivity index (χ1v) is 3.60. The van der Waals surface area contributed by atoms with Crippen LogP contribution in [0.1, 0.15) is 5.56 Å². The van der Waals surface area contributed by atoms with Gasteiger partial charge in [0.05, 0.1) is 6.57 Å². The zero-order valence-corrected chi connectivity index (χ0v) is 6.85. The molecule has 0 aromatic heterocycles. The summed E-state index contributed by atoms with van der Waals surface area (Å²) >= 11 is 5.45. The molecule has 1 aromatic carbocycles. The van der Waals surface area contributed by atoms with Crippen molar-refractivity contribution in [3.63, 3.8) is 0 Å². The second-order valence-corrected chi connectivity index (χ2v) is 2.52. The lowest BCUT2D eigenvalue weighted by molar-refractivity contribution is 0.628. The van der Waals surface area contributed by atoms with Gasteiger partial charge in [-0.05, 0) is 23.8 Å². The Morgan fingerprint density at radius 2 is 2.00 bits per heavy atom. The van der Waals surface area contributed by atoms with E-state index in [4.69, 9.17) is 18.2 Å². The van der Waals surface area contributed by atoms with Crippen molar-refractivity contribution in [3.05, 3.63) is 52.2 Å². The second-order valence-electron chi connectivity index (χ2n) is 2.13. The maximum absolute atomic E-state index is 12.4. The topological polar surface area (TPSA) is 4.36 Å². The van der Waals surface area contributed by atoms with E-state index < -0.39 is 0 Å². The first-order chi connectivity index (χ1) is 5.72. The molecule has 3 heteroatoms. The van der Waals surface area contributed by atoms with Gasteiger partial charge < -0.3 is 0 Å². The molecule has 1 rings (SSSR count). The number of hydrogen-bond donors (Lipinski definition) is 0. The number of benzene rings is 1. The largest absolute Gasteiger partial charge is 0.252 e. The molecular formula is C9H5ClFN. The van der Waals surface area contributed by atoms with Crippen LogP contribution in [0.2, 0.25) is 0 Å². The van der Waals surface area contributed by atoms with E-state index in [1.54, 1.807) is 12.1 Å². The zero-order valence-electron chi connectivity index (χ0n) is 6.09. The maximum Gasteiger partial charge on any atom is 0.252 e. The molecule has 0 saturated heterocycles. The molecule has 0 saturated carbocycles. The highest BCUT2D eigenvalue weighted by atomic mass is 35.5. The fourth-order valence-electron chi connectivity index (χ4n) is 0.729. The third-order valence-corrected chi connectivity index (χ3v) is 1.46. The Morgan fingerprint density at radius 1 is 1.42 bits per heavy atom. The van der Waals surface area contributed by atoms with Gasteiger partial charge in [0.1, 0.15) is 5.82 Å². The molecule has 0 N–H and O–H groups in total. The number of hydrogen-bond acceptors (Lipinski definition) is 0. The van der Waals surface area contributed by atoms with Crippen LogP contribution in [0.25, 0.3) is 10.9 Å². The Kier molecular flexibility index (Phi) is 2.84. The first-order valence-electron chi connectivity index (χ1n) is 3.22. The molecular weight excluding hydrogens is 177 g/mol. The van der Waals surface area contributed by atoms with E-state index in [1.165, 1.54) is 18.2 Å². The van der Waals surface area contributed by atoms with Crippen LogP contribution >= 0.6 is 11.6 Å². The van der Waals surface area contributed by atoms with Crippen LogP contribution in [-0.2, 0) is 0 Å². The Morgan fingerprint density at radius 3 is 2.50 bits per heavy atom. The monoisotopic (exact) mass is 181 g/mol. The number of nitrogens with zero attached hydrogens (tertiary/aromatic N) is 1. The summed E-state index contributed by atoms with van der Waals surface area (Å²) in [6, 6.07) is 5.76. The van der Waals surface area contributed by atoms with Crippen molar-refractivity contribution in [2.45, 2.75) is 0 Å². The van der Waals surface area contributed by atoms with E-state index in [2.05, 4.69) is 4.85 Å². The smallest absolute Gasteiger partial charge is 0.225 e. The summed E-state index contributed by atoms with van der Waals surface area (Å²) < 4.78 is 12.4. The molecule has 0 aliphatic rings. The van der Waals surface area contributed by atoms with Crippen molar-refractivity contribution >= 4 is 17.7 Å². The molecule has 60 valence electrons. The quantitative estimate of drug-likeness (QED) is 0.463. The van der Waals surface area contributed by atoms with Gasteiger partial charge in [-0.25, -0.2) is 9.24 Å². The third kappa shape index (κ3) is 2.37. The molecule has 1 aromatic rings. The van der Waals surface area contributed by atoms with Crippen LogP contribution in [0.15, 0.2) is 29.4 Å². The summed E-state index contributed by atoms with van der Waals surface area (Å²) in [6.07, 6.45) is 1.48. The molecule has 0 radical (unpaired) electrons. The van der Waals surface area contributed by atoms with Gasteiger partial charge >= 0.3 is 0 Å². The lowest BCUT2D eigenvalue weighted by Gasteiger charge is -1.91. The summed E-state index contributed by atoms with van der Waals surface area (Å²) in [4.78, 5) is 2.99. The van der Waals surface area contributed by atoms with Crippen LogP contribution in [0.3, 0.4) is 0 Å². The van der Waals surface area contributed by atoms with Crippen LogP contribution in [0.5, 0.6) is 0 Å². The zero-order chi connectivity index (χ0) is 8.97. The Balaban J connectivity index is 2.93. The van der Waals surface area contributed by atoms with Crippen molar-refractivity contribution in [3.8, 4) is 0 Å². The summed E-state index contributed by atoms with van der Waals surface area (Å²) in [6.45, 7) is 6.55. The highest BCUT2D eigenvalue weighted by Crippen LogP contribution is 2.11. The molecule has 0 unspecified atom stereocenters. The van der Waals surface area contributed by atoms with Crippen molar-refractivity contribution in [2.75, 3.05) is 0 Å². The minimum atomic E-state index is -0.300. The Hall–Kier alpha value is -1.33. The Labute approximate surface area is 74.9 Å². The minimum Gasteiger partial charge on any atom is -0.225 e. The molecule has 0 spiro atoms. The standard InChI is InChI=1S/C9H5ClFN/c1-12-9(10)6-7-2-4-8(11)5-3-7/h2-6H/b9-6+. The van der Waals surface area contributed by atoms with Gasteiger partial charge in [0, 0.05) is 0 Å². The Bertz CT molecular complexity index is 335. The molecule has 0 bridgehead atoms. The van der Waals surface area contributed by atoms with E-state index in [-0.39, 0.29) is 11.0 Å². The van der Waals surface area contributed by atoms with E-state index in [1.807, 2.05) is 0 Å². The van der Waals surface area contributed by atoms with Gasteiger partial charge in [0.2, 0.25) is 0 Å². The van der Waals surface area contributed by atoms with Gasteiger partial charge in [0.15, 0.2) is 0 Å². The highest BCUT2D eigenvalue weighted by molar-refractivity contribution is 6.32. The lowest BCUT2D eigenvalue weighted by Crippen LogP contribution is -1.74. The summed E-state index contributed by atoms with van der Waals surface area (Å²) in [5, 5.41) is 0.0709. The molecule has 12 heavy (non-hydrogen) atoms. The third-order valence-electron chi connectivity index (χ3n) is 1.26. The number of rotatable bonds is 1. The minimum absolute atomic E-state index is 0.0709. The van der Waals surface area contributed by atoms with Crippen molar-refractivity contribution in [2.24, 2.45) is 0 Å². The van der Waals surface area contributed by atoms with E-state index in [9.17, 15) is 4.39 Å². The predicted octanol–water partition coefficient (Wildman–Crippen LogP) is 3.28. The van der Waals surface area contributed by atoms with Crippen molar-refractivity contribution < 1.29 is 4.39 Å². The molecule has 0 amide bonds. The summed E-state index contributed by atoms with van der Waals surface area (Å²) in [7, 11) is 0. The molecule has 0 fully saturated rings. The fraction of sp³-hybridized carbons (Fsp3) is 0. The normalized spacial score (nSPS) is 10.9. The van der Waals surface area contributed by atoms with Crippen molar-refractivity contribution in [1.82, 2.24) is 0 Å². The van der Waals surface area contributed by atoms with Gasteiger partial charge in [-0.1, -0.05) is 12.1 Å². The lowest BCUT2D eigenvalue weighted by atomic mass is 10.2. The van der Waals surface area contributed by atoms with Gasteiger partial charge in [0.25, 0.3) is 5.16 Å². The number of halogens is 2. The van der Waals surface area contributed by atoms with Crippen molar-refractivity contribution in [1.29, 1.82) is 0 Å². The van der Waals surface area contributed by atoms with E-state index in [0.717, 1.165) is 5.56 Å². The predicted molar refractivity (Wildman–Crippen MR) is 46.8 cm³/mol. The van der Waals surface area contributed by atoms with Gasteiger partial charge in [-0.15, -0.1) is 11.6 Å². The SMILES string of the molecule is [C-]#[N+]/C(Cl)=C/c1ccc(F)cc1. The summed E-state index contributed by atoms with van der Waals surface area (Å²) in [5.41, 5.74) is 0.720. The highest BCUT2D eigenvalue weighted by Gasteiger charge is 1.91. The van der Waals surface area contributed by atoms with E-state index >= 15 is 0 Å². The average molecular weight is 182 g/mol. The second kappa shape index (κ2) is 3.89. The van der Waals surface area contributed by atoms with Gasteiger partial charge in [-0.2, -0.15) is 0 Å². The first kappa shape index (κ1) is 8.76. The molecule has 0 atom stereocenters. The van der Waals surface area contributed by atoms with Gasteiger partial charge in [-0.3, -0.25) is 0 Å². The molecule has 0 aliphatic heterocycles. The summed E-state index contributed by atoms with van der Waals surface area (Å²) in [5.74, 6) is -0.300. The molecule has 0 aliphatic carbocycles. The maximum atomic E-state index is 12.4. The average Bonchev–Trinajstić information content (AvgIpc) is 2.09. The van der Waals surface area contributed by atoms with Crippen LogP contribution in [0.4, 0.5) is 4.39 Å². The molecule has 0 heterocycles. The van der Waals surface area contributed by atoms with Crippen LogP contribution < -0.4 is 0 Å². The molecule has 1 nitrogen and oxygen atoms in total. The van der Waals surface area contributed by atoms with Crippen LogP contribution in [0, 0.1) is 12.4 Å². The van der Waals surface area contributed by atoms with Crippen LogP contribution in [-0.4, -0.2) is 0 Å². The van der Waals surface area contributed by atoms with E-state index in [0.29, 0.717) is 0 Å². The fourth-order valence-corrected chi connectivity index (χ4v) is 0.855.